The average Bonchev–Trinajstić information content (AvgIpc) is 2.62. The van der Waals surface area contributed by atoms with Crippen LogP contribution in [-0.2, 0) is 14.3 Å². The highest BCUT2D eigenvalue weighted by Crippen LogP contribution is 2.32. The fourth-order valence-corrected chi connectivity index (χ4v) is 2.40. The van der Waals surface area contributed by atoms with Gasteiger partial charge in [0.25, 0.3) is 5.69 Å². The number of halogens is 1. The van der Waals surface area contributed by atoms with Gasteiger partial charge in [-0.25, -0.2) is 9.59 Å². The fraction of sp³-hybridized carbons (Fsp3) is 0.222. The number of hydrogen-bond donors (Lipinski definition) is 0. The van der Waals surface area contributed by atoms with Gasteiger partial charge in [-0.15, -0.1) is 0 Å². The standard InChI is InChI=1S/C18H16ClNO7/c1-3-25-17(21)10-26-18(22)13-9-12(5-6-15(13)20(23)24)27-16-7-4-11(2)8-14(16)19/h4-9H,3,10H2,1-2H3. The van der Waals surface area contributed by atoms with E-state index in [0.29, 0.717) is 10.8 Å². The molecular formula is C18H16ClNO7. The van der Waals surface area contributed by atoms with Crippen LogP contribution in [0, 0.1) is 17.0 Å². The molecule has 0 aliphatic rings. The van der Waals surface area contributed by atoms with Crippen LogP contribution >= 0.6 is 11.6 Å². The van der Waals surface area contributed by atoms with Crippen molar-refractivity contribution in [2.75, 3.05) is 13.2 Å². The quantitative estimate of drug-likeness (QED) is 0.396. The Balaban J connectivity index is 2.26. The molecule has 0 saturated heterocycles. The van der Waals surface area contributed by atoms with Gasteiger partial charge in [-0.1, -0.05) is 17.7 Å². The summed E-state index contributed by atoms with van der Waals surface area (Å²) in [5.41, 5.74) is 0.0931. The highest BCUT2D eigenvalue weighted by atomic mass is 35.5. The fourth-order valence-electron chi connectivity index (χ4n) is 2.12. The lowest BCUT2D eigenvalue weighted by atomic mass is 10.1. The molecule has 0 N–H and O–H groups in total. The monoisotopic (exact) mass is 393 g/mol. The zero-order valence-electron chi connectivity index (χ0n) is 14.6. The van der Waals surface area contributed by atoms with Crippen LogP contribution < -0.4 is 4.74 Å². The van der Waals surface area contributed by atoms with Gasteiger partial charge in [0.2, 0.25) is 0 Å². The number of esters is 2. The summed E-state index contributed by atoms with van der Waals surface area (Å²) in [5, 5.41) is 11.5. The molecular weight excluding hydrogens is 378 g/mol. The maximum absolute atomic E-state index is 12.2. The second kappa shape index (κ2) is 9.00. The molecule has 2 aromatic carbocycles. The maximum atomic E-state index is 12.2. The van der Waals surface area contributed by atoms with E-state index in [9.17, 15) is 19.7 Å². The van der Waals surface area contributed by atoms with Crippen LogP contribution in [0.25, 0.3) is 0 Å². The van der Waals surface area contributed by atoms with Crippen LogP contribution in [0.4, 0.5) is 5.69 Å². The Hall–Kier alpha value is -3.13. The van der Waals surface area contributed by atoms with Gasteiger partial charge < -0.3 is 14.2 Å². The van der Waals surface area contributed by atoms with E-state index in [-0.39, 0.29) is 17.9 Å². The zero-order chi connectivity index (χ0) is 20.0. The molecule has 0 atom stereocenters. The molecule has 0 bridgehead atoms. The molecule has 0 unspecified atom stereocenters. The minimum absolute atomic E-state index is 0.122. The van der Waals surface area contributed by atoms with Crippen LogP contribution in [0.5, 0.6) is 11.5 Å². The number of nitro groups is 1. The first-order valence-electron chi connectivity index (χ1n) is 7.87. The summed E-state index contributed by atoms with van der Waals surface area (Å²) >= 11 is 6.10. The SMILES string of the molecule is CCOC(=O)COC(=O)c1cc(Oc2ccc(C)cc2Cl)ccc1[N+](=O)[O-]. The van der Waals surface area contributed by atoms with Crippen molar-refractivity contribution in [1.82, 2.24) is 0 Å². The summed E-state index contributed by atoms with van der Waals surface area (Å²) in [5.74, 6) is -1.33. The molecule has 8 nitrogen and oxygen atoms in total. The number of carbonyl (C=O) groups is 2. The number of carbonyl (C=O) groups excluding carboxylic acids is 2. The molecule has 0 radical (unpaired) electrons. The van der Waals surface area contributed by atoms with E-state index in [1.54, 1.807) is 25.1 Å². The molecule has 0 fully saturated rings. The van der Waals surface area contributed by atoms with Crippen molar-refractivity contribution in [1.29, 1.82) is 0 Å². The van der Waals surface area contributed by atoms with Crippen LogP contribution in [0.15, 0.2) is 36.4 Å². The van der Waals surface area contributed by atoms with E-state index >= 15 is 0 Å². The normalized spacial score (nSPS) is 10.2. The van der Waals surface area contributed by atoms with Crippen LogP contribution in [0.3, 0.4) is 0 Å². The Labute approximate surface area is 159 Å². The van der Waals surface area contributed by atoms with Crippen LogP contribution in [-0.4, -0.2) is 30.1 Å². The Kier molecular flexibility index (Phi) is 6.73. The summed E-state index contributed by atoms with van der Waals surface area (Å²) in [6.07, 6.45) is 0. The van der Waals surface area contributed by atoms with Crippen molar-refractivity contribution < 1.29 is 28.7 Å². The van der Waals surface area contributed by atoms with Crippen LogP contribution in [0.1, 0.15) is 22.8 Å². The van der Waals surface area contributed by atoms with Crippen molar-refractivity contribution in [2.45, 2.75) is 13.8 Å². The molecule has 142 valence electrons. The number of benzene rings is 2. The van der Waals surface area contributed by atoms with E-state index in [1.165, 1.54) is 6.07 Å². The van der Waals surface area contributed by atoms with Gasteiger partial charge in [0.15, 0.2) is 6.61 Å². The molecule has 2 rings (SSSR count). The average molecular weight is 394 g/mol. The third kappa shape index (κ3) is 5.42. The van der Waals surface area contributed by atoms with E-state index in [0.717, 1.165) is 17.7 Å². The summed E-state index contributed by atoms with van der Waals surface area (Å²) in [4.78, 5) is 33.9. The van der Waals surface area contributed by atoms with E-state index in [1.807, 2.05) is 6.92 Å². The third-order valence-electron chi connectivity index (χ3n) is 3.33. The first kappa shape index (κ1) is 20.2. The van der Waals surface area contributed by atoms with Crippen molar-refractivity contribution in [2.24, 2.45) is 0 Å². The van der Waals surface area contributed by atoms with E-state index in [2.05, 4.69) is 4.74 Å². The van der Waals surface area contributed by atoms with Crippen molar-refractivity contribution >= 4 is 29.2 Å². The molecule has 0 aromatic heterocycles. The highest BCUT2D eigenvalue weighted by Gasteiger charge is 2.23. The second-order valence-electron chi connectivity index (χ2n) is 5.35. The second-order valence-corrected chi connectivity index (χ2v) is 5.76. The summed E-state index contributed by atoms with van der Waals surface area (Å²) in [7, 11) is 0. The number of rotatable bonds is 7. The first-order chi connectivity index (χ1) is 12.8. The number of ether oxygens (including phenoxy) is 3. The predicted molar refractivity (Wildman–Crippen MR) is 96.3 cm³/mol. The number of nitrogens with zero attached hydrogens (tertiary/aromatic N) is 1. The van der Waals surface area contributed by atoms with Gasteiger partial charge in [-0.05, 0) is 37.6 Å². The molecule has 27 heavy (non-hydrogen) atoms. The Morgan fingerprint density at radius 3 is 2.52 bits per heavy atom. The summed E-state index contributed by atoms with van der Waals surface area (Å²) in [6.45, 7) is 2.93. The largest absolute Gasteiger partial charge is 0.463 e. The lowest BCUT2D eigenvalue weighted by molar-refractivity contribution is -0.385. The predicted octanol–water partition coefficient (Wildman–Crippen LogP) is 4.07. The third-order valence-corrected chi connectivity index (χ3v) is 3.62. The van der Waals surface area contributed by atoms with Gasteiger partial charge in [-0.2, -0.15) is 0 Å². The number of nitro benzene ring substituents is 1. The van der Waals surface area contributed by atoms with E-state index < -0.39 is 29.2 Å². The minimum Gasteiger partial charge on any atom is -0.463 e. The Morgan fingerprint density at radius 1 is 1.15 bits per heavy atom. The molecule has 0 spiro atoms. The van der Waals surface area contributed by atoms with Crippen LogP contribution in [0.2, 0.25) is 5.02 Å². The molecule has 0 saturated carbocycles. The molecule has 0 heterocycles. The minimum atomic E-state index is -1.05. The summed E-state index contributed by atoms with van der Waals surface area (Å²) in [6, 6.07) is 8.70. The van der Waals surface area contributed by atoms with Crippen molar-refractivity contribution in [3.8, 4) is 11.5 Å². The van der Waals surface area contributed by atoms with Crippen molar-refractivity contribution in [3.63, 3.8) is 0 Å². The van der Waals surface area contributed by atoms with Gasteiger partial charge in [0.1, 0.15) is 17.1 Å². The molecule has 9 heteroatoms. The Morgan fingerprint density at radius 2 is 1.89 bits per heavy atom. The van der Waals surface area contributed by atoms with Crippen molar-refractivity contribution in [3.05, 3.63) is 62.7 Å². The molecule has 0 amide bonds. The zero-order valence-corrected chi connectivity index (χ0v) is 15.3. The maximum Gasteiger partial charge on any atom is 0.345 e. The van der Waals surface area contributed by atoms with Gasteiger partial charge in [0, 0.05) is 12.1 Å². The van der Waals surface area contributed by atoms with Gasteiger partial charge >= 0.3 is 11.9 Å². The lowest BCUT2D eigenvalue weighted by Gasteiger charge is -2.10. The van der Waals surface area contributed by atoms with Gasteiger partial charge in [0.05, 0.1) is 16.6 Å². The summed E-state index contributed by atoms with van der Waals surface area (Å²) < 4.78 is 15.0. The lowest BCUT2D eigenvalue weighted by Crippen LogP contribution is -2.17. The molecule has 0 aliphatic heterocycles. The molecule has 0 aliphatic carbocycles. The first-order valence-corrected chi connectivity index (χ1v) is 8.24. The number of hydrogen-bond acceptors (Lipinski definition) is 7. The van der Waals surface area contributed by atoms with Gasteiger partial charge in [-0.3, -0.25) is 10.1 Å². The topological polar surface area (TPSA) is 105 Å². The smallest absolute Gasteiger partial charge is 0.345 e. The van der Waals surface area contributed by atoms with E-state index in [4.69, 9.17) is 21.1 Å². The highest BCUT2D eigenvalue weighted by molar-refractivity contribution is 6.32. The Bertz CT molecular complexity index is 882. The molecule has 2 aromatic rings. The number of aryl methyl sites for hydroxylation is 1.